The number of rotatable bonds is 4. The van der Waals surface area contributed by atoms with E-state index in [0.717, 1.165) is 5.56 Å². The Balaban J connectivity index is 2.35. The highest BCUT2D eigenvalue weighted by Gasteiger charge is 2.16. The van der Waals surface area contributed by atoms with E-state index < -0.39 is 10.0 Å². The van der Waals surface area contributed by atoms with E-state index in [0.29, 0.717) is 22.1 Å². The number of methoxy groups -OCH3 is 1. The summed E-state index contributed by atoms with van der Waals surface area (Å²) in [5.41, 5.74) is 7.19. The average molecular weight is 327 g/mol. The van der Waals surface area contributed by atoms with Gasteiger partial charge in [0.1, 0.15) is 5.75 Å². The molecule has 0 saturated carbocycles. The fourth-order valence-electron chi connectivity index (χ4n) is 1.88. The maximum absolute atomic E-state index is 12.3. The summed E-state index contributed by atoms with van der Waals surface area (Å²) in [4.78, 5) is 0.104. The van der Waals surface area contributed by atoms with Crippen LogP contribution in [0.15, 0.2) is 41.3 Å². The molecule has 0 radical (unpaired) electrons. The van der Waals surface area contributed by atoms with Crippen LogP contribution in [0.4, 0.5) is 11.4 Å². The number of hydrogen-bond acceptors (Lipinski definition) is 4. The van der Waals surface area contributed by atoms with Gasteiger partial charge in [-0.05, 0) is 48.9 Å². The molecule has 0 bridgehead atoms. The zero-order valence-electron chi connectivity index (χ0n) is 11.6. The molecule has 0 heterocycles. The van der Waals surface area contributed by atoms with Crippen molar-refractivity contribution in [2.45, 2.75) is 11.8 Å². The van der Waals surface area contributed by atoms with Crippen LogP contribution < -0.4 is 15.2 Å². The van der Waals surface area contributed by atoms with Gasteiger partial charge in [-0.25, -0.2) is 8.42 Å². The van der Waals surface area contributed by atoms with Gasteiger partial charge in [-0.3, -0.25) is 4.72 Å². The van der Waals surface area contributed by atoms with Crippen LogP contribution in [0, 0.1) is 6.92 Å². The topological polar surface area (TPSA) is 81.4 Å². The Kier molecular flexibility index (Phi) is 4.29. The maximum atomic E-state index is 12.3. The van der Waals surface area contributed by atoms with Crippen LogP contribution in [-0.2, 0) is 10.0 Å². The van der Waals surface area contributed by atoms with Gasteiger partial charge in [-0.2, -0.15) is 0 Å². The lowest BCUT2D eigenvalue weighted by atomic mass is 10.2. The quantitative estimate of drug-likeness (QED) is 0.846. The Labute approximate surface area is 128 Å². The highest BCUT2D eigenvalue weighted by molar-refractivity contribution is 7.92. The minimum absolute atomic E-state index is 0.104. The van der Waals surface area contributed by atoms with Crippen LogP contribution in [0.25, 0.3) is 0 Å². The normalized spacial score (nSPS) is 11.2. The van der Waals surface area contributed by atoms with Gasteiger partial charge in [0.2, 0.25) is 0 Å². The number of aryl methyl sites for hydroxylation is 1. The minimum atomic E-state index is -3.72. The van der Waals surface area contributed by atoms with Crippen molar-refractivity contribution >= 4 is 33.0 Å². The van der Waals surface area contributed by atoms with E-state index in [2.05, 4.69) is 4.72 Å². The molecule has 0 unspecified atom stereocenters. The molecular formula is C14H15ClN2O3S. The number of ether oxygens (including phenoxy) is 1. The summed E-state index contributed by atoms with van der Waals surface area (Å²) in [6.45, 7) is 1.78. The molecule has 7 heteroatoms. The Bertz CT molecular complexity index is 756. The summed E-state index contributed by atoms with van der Waals surface area (Å²) < 4.78 is 32.1. The molecule has 0 aromatic heterocycles. The lowest BCUT2D eigenvalue weighted by molar-refractivity contribution is 0.415. The zero-order valence-corrected chi connectivity index (χ0v) is 13.1. The van der Waals surface area contributed by atoms with Crippen molar-refractivity contribution in [1.29, 1.82) is 0 Å². The Morgan fingerprint density at radius 3 is 2.48 bits per heavy atom. The summed E-state index contributed by atoms with van der Waals surface area (Å²) >= 11 is 5.98. The van der Waals surface area contributed by atoms with Gasteiger partial charge in [0.25, 0.3) is 10.0 Å². The van der Waals surface area contributed by atoms with E-state index >= 15 is 0 Å². The smallest absolute Gasteiger partial charge is 0.261 e. The first-order valence-electron chi connectivity index (χ1n) is 6.05. The van der Waals surface area contributed by atoms with Gasteiger partial charge in [-0.15, -0.1) is 0 Å². The lowest BCUT2D eigenvalue weighted by Crippen LogP contribution is -2.13. The van der Waals surface area contributed by atoms with Crippen molar-refractivity contribution < 1.29 is 13.2 Å². The summed E-state index contributed by atoms with van der Waals surface area (Å²) in [6, 6.07) is 9.29. The Morgan fingerprint density at radius 1 is 1.19 bits per heavy atom. The highest BCUT2D eigenvalue weighted by atomic mass is 35.5. The second-order valence-corrected chi connectivity index (χ2v) is 6.62. The molecule has 0 aliphatic heterocycles. The standard InChI is InChI=1S/C14H15ClN2O3S/c1-9-5-10(16)7-12(6-9)21(18,19)17-11-3-4-14(20-2)13(15)8-11/h3-8,17H,16H2,1-2H3. The van der Waals surface area contributed by atoms with E-state index in [9.17, 15) is 8.42 Å². The van der Waals surface area contributed by atoms with Gasteiger partial charge < -0.3 is 10.5 Å². The van der Waals surface area contributed by atoms with Crippen molar-refractivity contribution in [2.75, 3.05) is 17.6 Å². The van der Waals surface area contributed by atoms with Gasteiger partial charge in [0.05, 0.1) is 22.7 Å². The summed E-state index contributed by atoms with van der Waals surface area (Å²) in [5, 5.41) is 0.321. The van der Waals surface area contributed by atoms with Crippen LogP contribution in [0.3, 0.4) is 0 Å². The molecule has 5 nitrogen and oxygen atoms in total. The molecular weight excluding hydrogens is 312 g/mol. The van der Waals surface area contributed by atoms with Crippen LogP contribution in [0.2, 0.25) is 5.02 Å². The number of nitrogens with one attached hydrogen (secondary N) is 1. The largest absolute Gasteiger partial charge is 0.495 e. The first-order chi connectivity index (χ1) is 9.81. The summed E-state index contributed by atoms with van der Waals surface area (Å²) in [5.74, 6) is 0.472. The van der Waals surface area contributed by atoms with Crippen molar-refractivity contribution in [3.05, 3.63) is 47.0 Å². The van der Waals surface area contributed by atoms with Crippen molar-refractivity contribution in [2.24, 2.45) is 0 Å². The van der Waals surface area contributed by atoms with E-state index in [1.54, 1.807) is 31.2 Å². The molecule has 2 aromatic rings. The average Bonchev–Trinajstić information content (AvgIpc) is 2.37. The SMILES string of the molecule is COc1ccc(NS(=O)(=O)c2cc(C)cc(N)c2)cc1Cl. The van der Waals surface area contributed by atoms with Gasteiger partial charge in [0, 0.05) is 5.69 Å². The minimum Gasteiger partial charge on any atom is -0.495 e. The number of nitrogens with two attached hydrogens (primary N) is 1. The number of halogens is 1. The monoisotopic (exact) mass is 326 g/mol. The fourth-order valence-corrected chi connectivity index (χ4v) is 3.32. The molecule has 0 aliphatic rings. The molecule has 0 fully saturated rings. The maximum Gasteiger partial charge on any atom is 0.261 e. The number of sulfonamides is 1. The van der Waals surface area contributed by atoms with Crippen LogP contribution in [0.5, 0.6) is 5.75 Å². The highest BCUT2D eigenvalue weighted by Crippen LogP contribution is 2.28. The van der Waals surface area contributed by atoms with Crippen molar-refractivity contribution in [3.63, 3.8) is 0 Å². The van der Waals surface area contributed by atoms with E-state index in [1.165, 1.54) is 19.2 Å². The molecule has 112 valence electrons. The van der Waals surface area contributed by atoms with Gasteiger partial charge in [0.15, 0.2) is 0 Å². The van der Waals surface area contributed by atoms with E-state index in [4.69, 9.17) is 22.1 Å². The number of anilines is 2. The second kappa shape index (κ2) is 5.83. The van der Waals surface area contributed by atoms with E-state index in [1.807, 2.05) is 0 Å². The first-order valence-corrected chi connectivity index (χ1v) is 7.91. The second-order valence-electron chi connectivity index (χ2n) is 4.53. The lowest BCUT2D eigenvalue weighted by Gasteiger charge is -2.11. The summed E-state index contributed by atoms with van der Waals surface area (Å²) in [6.07, 6.45) is 0. The zero-order chi connectivity index (χ0) is 15.6. The molecule has 2 aromatic carbocycles. The number of benzene rings is 2. The molecule has 0 aliphatic carbocycles. The summed E-state index contributed by atoms with van der Waals surface area (Å²) in [7, 11) is -2.24. The van der Waals surface area contributed by atoms with Crippen LogP contribution in [-0.4, -0.2) is 15.5 Å². The number of hydrogen-bond donors (Lipinski definition) is 2. The molecule has 0 atom stereocenters. The van der Waals surface area contributed by atoms with Gasteiger partial charge >= 0.3 is 0 Å². The molecule has 0 amide bonds. The van der Waals surface area contributed by atoms with Crippen molar-refractivity contribution in [1.82, 2.24) is 0 Å². The van der Waals surface area contributed by atoms with Crippen LogP contribution in [0.1, 0.15) is 5.56 Å². The van der Waals surface area contributed by atoms with Crippen molar-refractivity contribution in [3.8, 4) is 5.75 Å². The molecule has 3 N–H and O–H groups in total. The third kappa shape index (κ3) is 3.59. The number of nitrogen functional groups attached to an aromatic ring is 1. The van der Waals surface area contributed by atoms with E-state index in [-0.39, 0.29) is 4.90 Å². The third-order valence-electron chi connectivity index (χ3n) is 2.79. The predicted octanol–water partition coefficient (Wildman–Crippen LogP) is 3.04. The first kappa shape index (κ1) is 15.5. The molecule has 0 spiro atoms. The molecule has 2 rings (SSSR count). The molecule has 21 heavy (non-hydrogen) atoms. The fraction of sp³-hybridized carbons (Fsp3) is 0.143. The third-order valence-corrected chi connectivity index (χ3v) is 4.44. The predicted molar refractivity (Wildman–Crippen MR) is 84.4 cm³/mol. The van der Waals surface area contributed by atoms with Gasteiger partial charge in [-0.1, -0.05) is 11.6 Å². The Hall–Kier alpha value is -1.92. The molecule has 0 saturated heterocycles. The Morgan fingerprint density at radius 2 is 1.90 bits per heavy atom. The van der Waals surface area contributed by atoms with Crippen LogP contribution >= 0.6 is 11.6 Å².